The Hall–Kier alpha value is -1.76. The first-order valence-corrected chi connectivity index (χ1v) is 6.65. The number of benzene rings is 1. The molecule has 7 heteroatoms. The molecule has 1 aromatic rings. The number of hydrogen-bond donors (Lipinski definition) is 2. The SMILES string of the molecule is CCC(C)NCC(=O)NCc1ccccc1OC(F)(F)F. The highest BCUT2D eigenvalue weighted by Gasteiger charge is 2.31. The van der Waals surface area contributed by atoms with Gasteiger partial charge in [-0.05, 0) is 19.4 Å². The molecule has 1 unspecified atom stereocenters. The van der Waals surface area contributed by atoms with Crippen LogP contribution in [0.4, 0.5) is 13.2 Å². The number of amides is 1. The molecule has 2 N–H and O–H groups in total. The van der Waals surface area contributed by atoms with Crippen molar-refractivity contribution in [2.24, 2.45) is 0 Å². The third kappa shape index (κ3) is 6.99. The maximum Gasteiger partial charge on any atom is 0.573 e. The van der Waals surface area contributed by atoms with Gasteiger partial charge in [-0.1, -0.05) is 25.1 Å². The van der Waals surface area contributed by atoms with Crippen LogP contribution in [0, 0.1) is 0 Å². The molecule has 21 heavy (non-hydrogen) atoms. The largest absolute Gasteiger partial charge is 0.573 e. The second-order valence-electron chi connectivity index (χ2n) is 4.62. The van der Waals surface area contributed by atoms with E-state index < -0.39 is 6.36 Å². The highest BCUT2D eigenvalue weighted by molar-refractivity contribution is 5.78. The van der Waals surface area contributed by atoms with Gasteiger partial charge in [0.05, 0.1) is 6.54 Å². The lowest BCUT2D eigenvalue weighted by molar-refractivity contribution is -0.274. The topological polar surface area (TPSA) is 50.4 Å². The second kappa shape index (κ2) is 7.87. The van der Waals surface area contributed by atoms with Gasteiger partial charge < -0.3 is 15.4 Å². The average molecular weight is 304 g/mol. The highest BCUT2D eigenvalue weighted by atomic mass is 19.4. The molecule has 0 aliphatic carbocycles. The van der Waals surface area contributed by atoms with Crippen LogP contribution in [0.1, 0.15) is 25.8 Å². The molecule has 1 atom stereocenters. The molecular weight excluding hydrogens is 285 g/mol. The summed E-state index contributed by atoms with van der Waals surface area (Å²) in [6.07, 6.45) is -3.87. The molecule has 4 nitrogen and oxygen atoms in total. The van der Waals surface area contributed by atoms with Crippen LogP contribution in [0.25, 0.3) is 0 Å². The monoisotopic (exact) mass is 304 g/mol. The minimum Gasteiger partial charge on any atom is -0.405 e. The summed E-state index contributed by atoms with van der Waals surface area (Å²) in [6, 6.07) is 5.92. The zero-order valence-electron chi connectivity index (χ0n) is 12.0. The van der Waals surface area contributed by atoms with Gasteiger partial charge in [0.15, 0.2) is 0 Å². The number of carbonyl (C=O) groups is 1. The molecule has 1 rings (SSSR count). The molecule has 0 saturated carbocycles. The van der Waals surface area contributed by atoms with Crippen molar-refractivity contribution in [3.8, 4) is 5.75 Å². The number of halogens is 3. The molecule has 118 valence electrons. The zero-order chi connectivity index (χ0) is 15.9. The van der Waals surface area contributed by atoms with Crippen LogP contribution in [0.3, 0.4) is 0 Å². The van der Waals surface area contributed by atoms with E-state index in [1.165, 1.54) is 18.2 Å². The fourth-order valence-electron chi connectivity index (χ4n) is 1.54. The van der Waals surface area contributed by atoms with E-state index in [2.05, 4.69) is 15.4 Å². The van der Waals surface area contributed by atoms with Crippen LogP contribution in [0.2, 0.25) is 0 Å². The summed E-state index contributed by atoms with van der Waals surface area (Å²) >= 11 is 0. The van der Waals surface area contributed by atoms with Crippen LogP contribution in [-0.4, -0.2) is 24.9 Å². The fourth-order valence-corrected chi connectivity index (χ4v) is 1.54. The number of para-hydroxylation sites is 1. The molecule has 1 amide bonds. The number of carbonyl (C=O) groups excluding carboxylic acids is 1. The van der Waals surface area contributed by atoms with E-state index in [4.69, 9.17) is 0 Å². The van der Waals surface area contributed by atoms with Gasteiger partial charge in [-0.15, -0.1) is 13.2 Å². The molecule has 0 saturated heterocycles. The van der Waals surface area contributed by atoms with Gasteiger partial charge in [0, 0.05) is 18.2 Å². The molecular formula is C14H19F3N2O2. The lowest BCUT2D eigenvalue weighted by Gasteiger charge is -2.14. The summed E-state index contributed by atoms with van der Waals surface area (Å²) in [5.41, 5.74) is 0.270. The van der Waals surface area contributed by atoms with Crippen molar-refractivity contribution in [3.63, 3.8) is 0 Å². The predicted molar refractivity (Wildman–Crippen MR) is 72.7 cm³/mol. The third-order valence-electron chi connectivity index (χ3n) is 2.90. The fraction of sp³-hybridized carbons (Fsp3) is 0.500. The van der Waals surface area contributed by atoms with E-state index in [0.29, 0.717) is 0 Å². The third-order valence-corrected chi connectivity index (χ3v) is 2.90. The number of rotatable bonds is 7. The Morgan fingerprint density at radius 2 is 2.00 bits per heavy atom. The van der Waals surface area contributed by atoms with Gasteiger partial charge in [0.2, 0.25) is 5.91 Å². The van der Waals surface area contributed by atoms with Crippen molar-refractivity contribution in [2.75, 3.05) is 6.54 Å². The van der Waals surface area contributed by atoms with Gasteiger partial charge in [0.1, 0.15) is 5.75 Å². The van der Waals surface area contributed by atoms with Gasteiger partial charge in [-0.3, -0.25) is 4.79 Å². The molecule has 0 aliphatic rings. The van der Waals surface area contributed by atoms with Crippen molar-refractivity contribution < 1.29 is 22.7 Å². The van der Waals surface area contributed by atoms with E-state index in [1.807, 2.05) is 13.8 Å². The first kappa shape index (κ1) is 17.3. The van der Waals surface area contributed by atoms with Crippen LogP contribution in [0.15, 0.2) is 24.3 Å². The minimum absolute atomic E-state index is 0.0206. The van der Waals surface area contributed by atoms with Gasteiger partial charge in [-0.25, -0.2) is 0 Å². The van der Waals surface area contributed by atoms with E-state index >= 15 is 0 Å². The number of nitrogens with one attached hydrogen (secondary N) is 2. The normalized spacial score (nSPS) is 12.8. The Kier molecular flexibility index (Phi) is 6.48. The smallest absolute Gasteiger partial charge is 0.405 e. The molecule has 0 aliphatic heterocycles. The number of ether oxygens (including phenoxy) is 1. The molecule has 0 spiro atoms. The quantitative estimate of drug-likeness (QED) is 0.814. The maximum absolute atomic E-state index is 12.2. The van der Waals surface area contributed by atoms with Crippen molar-refractivity contribution in [2.45, 2.75) is 39.2 Å². The van der Waals surface area contributed by atoms with Crippen molar-refractivity contribution in [1.82, 2.24) is 10.6 Å². The Morgan fingerprint density at radius 1 is 1.33 bits per heavy atom. The van der Waals surface area contributed by atoms with Crippen molar-refractivity contribution >= 4 is 5.91 Å². The first-order chi connectivity index (χ1) is 9.81. The second-order valence-corrected chi connectivity index (χ2v) is 4.62. The van der Waals surface area contributed by atoms with Gasteiger partial charge in [-0.2, -0.15) is 0 Å². The van der Waals surface area contributed by atoms with Crippen molar-refractivity contribution in [1.29, 1.82) is 0 Å². The van der Waals surface area contributed by atoms with Crippen LogP contribution in [-0.2, 0) is 11.3 Å². The van der Waals surface area contributed by atoms with E-state index in [0.717, 1.165) is 6.42 Å². The molecule has 0 aromatic heterocycles. The van der Waals surface area contributed by atoms with Crippen LogP contribution >= 0.6 is 0 Å². The summed E-state index contributed by atoms with van der Waals surface area (Å²) in [6.45, 7) is 4.03. The molecule has 0 radical (unpaired) electrons. The van der Waals surface area contributed by atoms with E-state index in [-0.39, 0.29) is 36.4 Å². The predicted octanol–water partition coefficient (Wildman–Crippen LogP) is 2.59. The lowest BCUT2D eigenvalue weighted by atomic mass is 10.2. The van der Waals surface area contributed by atoms with Crippen molar-refractivity contribution in [3.05, 3.63) is 29.8 Å². The number of hydrogen-bond acceptors (Lipinski definition) is 3. The molecule has 0 fully saturated rings. The Morgan fingerprint density at radius 3 is 2.62 bits per heavy atom. The number of alkyl halides is 3. The summed E-state index contributed by atoms with van der Waals surface area (Å²) in [4.78, 5) is 11.6. The van der Waals surface area contributed by atoms with E-state index in [9.17, 15) is 18.0 Å². The van der Waals surface area contributed by atoms with E-state index in [1.54, 1.807) is 6.07 Å². The molecule has 0 bridgehead atoms. The van der Waals surface area contributed by atoms with Crippen LogP contribution in [0.5, 0.6) is 5.75 Å². The molecule has 0 heterocycles. The first-order valence-electron chi connectivity index (χ1n) is 6.65. The highest BCUT2D eigenvalue weighted by Crippen LogP contribution is 2.25. The zero-order valence-corrected chi connectivity index (χ0v) is 12.0. The lowest BCUT2D eigenvalue weighted by Crippen LogP contribution is -2.37. The summed E-state index contributed by atoms with van der Waals surface area (Å²) < 4.78 is 40.7. The standard InChI is InChI=1S/C14H19F3N2O2/c1-3-10(2)18-9-13(20)19-8-11-6-4-5-7-12(11)21-14(15,16)17/h4-7,10,18H,3,8-9H2,1-2H3,(H,19,20). The Bertz CT molecular complexity index is 464. The Balaban J connectivity index is 2.53. The minimum atomic E-state index is -4.75. The summed E-state index contributed by atoms with van der Waals surface area (Å²) in [5, 5.41) is 5.55. The average Bonchev–Trinajstić information content (AvgIpc) is 2.42. The van der Waals surface area contributed by atoms with Gasteiger partial charge >= 0.3 is 6.36 Å². The summed E-state index contributed by atoms with van der Waals surface area (Å²) in [7, 11) is 0. The maximum atomic E-state index is 12.2. The molecule has 1 aromatic carbocycles. The summed E-state index contributed by atoms with van der Waals surface area (Å²) in [5.74, 6) is -0.586. The Labute approximate surface area is 121 Å². The van der Waals surface area contributed by atoms with Gasteiger partial charge in [0.25, 0.3) is 0 Å². The van der Waals surface area contributed by atoms with Crippen LogP contribution < -0.4 is 15.4 Å².